The summed E-state index contributed by atoms with van der Waals surface area (Å²) in [5.74, 6) is 2.00. The second-order valence-electron chi connectivity index (χ2n) is 7.25. The molecule has 0 aliphatic heterocycles. The first-order valence-electron chi connectivity index (χ1n) is 8.20. The van der Waals surface area contributed by atoms with Crippen LogP contribution in [-0.2, 0) is 6.42 Å². The van der Waals surface area contributed by atoms with Crippen molar-refractivity contribution < 1.29 is 0 Å². The Kier molecular flexibility index (Phi) is 4.45. The van der Waals surface area contributed by atoms with Crippen molar-refractivity contribution >= 4 is 11.6 Å². The molecule has 1 aromatic heterocycles. The summed E-state index contributed by atoms with van der Waals surface area (Å²) in [6, 6.07) is 0.467. The number of nitrogens with zero attached hydrogens (tertiary/aromatic N) is 2. The van der Waals surface area contributed by atoms with Crippen LogP contribution in [0.5, 0.6) is 0 Å². The summed E-state index contributed by atoms with van der Waals surface area (Å²) in [5.41, 5.74) is 1.84. The maximum absolute atomic E-state index is 4.52. The van der Waals surface area contributed by atoms with E-state index in [1.54, 1.807) is 6.33 Å². The van der Waals surface area contributed by atoms with Crippen LogP contribution in [0.15, 0.2) is 6.33 Å². The minimum absolute atomic E-state index is 0.304. The van der Waals surface area contributed by atoms with Gasteiger partial charge in [-0.25, -0.2) is 9.97 Å². The zero-order chi connectivity index (χ0) is 15.7. The third-order valence-electron chi connectivity index (χ3n) is 5.29. The Bertz CT molecular complexity index is 480. The van der Waals surface area contributed by atoms with Crippen LogP contribution in [0.4, 0.5) is 11.6 Å². The molecule has 0 amide bonds. The van der Waals surface area contributed by atoms with Crippen LogP contribution in [0.3, 0.4) is 0 Å². The first kappa shape index (κ1) is 16.1. The topological polar surface area (TPSA) is 49.8 Å². The quantitative estimate of drug-likeness (QED) is 0.794. The maximum Gasteiger partial charge on any atom is 0.134 e. The lowest BCUT2D eigenvalue weighted by Gasteiger charge is -2.16. The van der Waals surface area contributed by atoms with Crippen LogP contribution >= 0.6 is 0 Å². The van der Waals surface area contributed by atoms with Gasteiger partial charge < -0.3 is 10.6 Å². The minimum Gasteiger partial charge on any atom is -0.370 e. The van der Waals surface area contributed by atoms with E-state index in [1.807, 2.05) is 0 Å². The second kappa shape index (κ2) is 5.82. The van der Waals surface area contributed by atoms with Gasteiger partial charge in [-0.1, -0.05) is 48.0 Å². The Morgan fingerprint density at radius 3 is 2.14 bits per heavy atom. The van der Waals surface area contributed by atoms with Gasteiger partial charge in [0.2, 0.25) is 0 Å². The molecular formula is C17H30N4. The van der Waals surface area contributed by atoms with Crippen molar-refractivity contribution in [2.45, 2.75) is 66.8 Å². The lowest BCUT2D eigenvalue weighted by molar-refractivity contribution is 0.457. The van der Waals surface area contributed by atoms with Crippen LogP contribution < -0.4 is 10.6 Å². The zero-order valence-corrected chi connectivity index (χ0v) is 14.4. The molecule has 0 unspecified atom stereocenters. The lowest BCUT2D eigenvalue weighted by Crippen LogP contribution is -2.15. The Labute approximate surface area is 129 Å². The van der Waals surface area contributed by atoms with E-state index in [2.05, 4.69) is 62.1 Å². The van der Waals surface area contributed by atoms with Gasteiger partial charge in [0.15, 0.2) is 0 Å². The van der Waals surface area contributed by atoms with Gasteiger partial charge in [0.1, 0.15) is 18.0 Å². The largest absolute Gasteiger partial charge is 0.370 e. The van der Waals surface area contributed by atoms with Crippen molar-refractivity contribution in [3.8, 4) is 0 Å². The van der Waals surface area contributed by atoms with Crippen LogP contribution in [0.1, 0.15) is 59.9 Å². The molecule has 1 heterocycles. The smallest absolute Gasteiger partial charge is 0.134 e. The van der Waals surface area contributed by atoms with Gasteiger partial charge in [-0.05, 0) is 23.7 Å². The first-order valence-corrected chi connectivity index (χ1v) is 8.20. The third kappa shape index (κ3) is 2.85. The average Bonchev–Trinajstić information content (AvgIpc) is 2.81. The lowest BCUT2D eigenvalue weighted by atomic mass is 10.0. The predicted octanol–water partition coefficient (Wildman–Crippen LogP) is 4.10. The van der Waals surface area contributed by atoms with Crippen molar-refractivity contribution in [2.24, 2.45) is 10.8 Å². The summed E-state index contributed by atoms with van der Waals surface area (Å²) in [6.07, 6.45) is 4.87. The van der Waals surface area contributed by atoms with E-state index in [4.69, 9.17) is 0 Å². The summed E-state index contributed by atoms with van der Waals surface area (Å²) in [7, 11) is 0. The van der Waals surface area contributed by atoms with E-state index in [9.17, 15) is 0 Å². The van der Waals surface area contributed by atoms with Crippen molar-refractivity contribution in [2.75, 3.05) is 17.2 Å². The van der Waals surface area contributed by atoms with Gasteiger partial charge >= 0.3 is 0 Å². The summed E-state index contributed by atoms with van der Waals surface area (Å²) in [4.78, 5) is 8.95. The number of nitrogens with one attached hydrogen (secondary N) is 2. The molecule has 1 aliphatic rings. The number of rotatable bonds is 7. The number of anilines is 2. The summed E-state index contributed by atoms with van der Waals surface area (Å²) >= 11 is 0. The SMILES string of the molecule is CCCNc1ncnc(NC2C(C)(C)C2(C)C)c1CCC. The highest BCUT2D eigenvalue weighted by Gasteiger charge is 2.65. The van der Waals surface area contributed by atoms with Crippen molar-refractivity contribution in [1.82, 2.24) is 9.97 Å². The van der Waals surface area contributed by atoms with Crippen LogP contribution in [0.25, 0.3) is 0 Å². The molecule has 0 aromatic carbocycles. The molecule has 4 nitrogen and oxygen atoms in total. The molecule has 0 saturated heterocycles. The molecule has 0 radical (unpaired) electrons. The van der Waals surface area contributed by atoms with E-state index in [1.165, 1.54) is 5.56 Å². The monoisotopic (exact) mass is 290 g/mol. The molecule has 0 atom stereocenters. The normalized spacial score (nSPS) is 19.3. The molecule has 1 aromatic rings. The number of hydrogen-bond acceptors (Lipinski definition) is 4. The molecular weight excluding hydrogens is 260 g/mol. The summed E-state index contributed by atoms with van der Waals surface area (Å²) in [6.45, 7) is 14.6. The van der Waals surface area contributed by atoms with Gasteiger partial charge in [0, 0.05) is 18.2 Å². The van der Waals surface area contributed by atoms with E-state index in [0.717, 1.165) is 37.4 Å². The fraction of sp³-hybridized carbons (Fsp3) is 0.765. The number of aromatic nitrogens is 2. The highest BCUT2D eigenvalue weighted by molar-refractivity contribution is 5.59. The second-order valence-corrected chi connectivity index (χ2v) is 7.25. The summed E-state index contributed by atoms with van der Waals surface area (Å²) in [5, 5.41) is 7.11. The Balaban J connectivity index is 2.23. The molecule has 21 heavy (non-hydrogen) atoms. The van der Waals surface area contributed by atoms with Crippen LogP contribution in [0.2, 0.25) is 0 Å². The summed E-state index contributed by atoms with van der Waals surface area (Å²) < 4.78 is 0. The van der Waals surface area contributed by atoms with Gasteiger partial charge in [-0.2, -0.15) is 0 Å². The molecule has 4 heteroatoms. The molecule has 1 saturated carbocycles. The molecule has 118 valence electrons. The minimum atomic E-state index is 0.304. The Hall–Kier alpha value is -1.32. The van der Waals surface area contributed by atoms with Crippen LogP contribution in [-0.4, -0.2) is 22.6 Å². The van der Waals surface area contributed by atoms with Crippen molar-refractivity contribution in [1.29, 1.82) is 0 Å². The van der Waals surface area contributed by atoms with Gasteiger partial charge in [0.05, 0.1) is 0 Å². The fourth-order valence-electron chi connectivity index (χ4n) is 3.11. The molecule has 0 spiro atoms. The van der Waals surface area contributed by atoms with Crippen molar-refractivity contribution in [3.63, 3.8) is 0 Å². The highest BCUT2D eigenvalue weighted by atomic mass is 15.1. The third-order valence-corrected chi connectivity index (χ3v) is 5.29. The molecule has 2 N–H and O–H groups in total. The van der Waals surface area contributed by atoms with Gasteiger partial charge in [-0.15, -0.1) is 0 Å². The maximum atomic E-state index is 4.52. The molecule has 1 aliphatic carbocycles. The van der Waals surface area contributed by atoms with E-state index in [-0.39, 0.29) is 0 Å². The Morgan fingerprint density at radius 2 is 1.62 bits per heavy atom. The predicted molar refractivity (Wildman–Crippen MR) is 89.8 cm³/mol. The van der Waals surface area contributed by atoms with E-state index in [0.29, 0.717) is 16.9 Å². The van der Waals surface area contributed by atoms with Gasteiger partial charge in [-0.3, -0.25) is 0 Å². The van der Waals surface area contributed by atoms with E-state index >= 15 is 0 Å². The van der Waals surface area contributed by atoms with E-state index < -0.39 is 0 Å². The fourth-order valence-corrected chi connectivity index (χ4v) is 3.11. The van der Waals surface area contributed by atoms with Crippen LogP contribution in [0, 0.1) is 10.8 Å². The standard InChI is InChI=1S/C17H30N4/c1-7-9-12-13(18-10-8-2)19-11-20-14(12)21-15-16(3,4)17(15,5)6/h11,15H,7-10H2,1-6H3,(H2,18,19,20,21). The number of hydrogen-bond donors (Lipinski definition) is 2. The van der Waals surface area contributed by atoms with Gasteiger partial charge in [0.25, 0.3) is 0 Å². The zero-order valence-electron chi connectivity index (χ0n) is 14.4. The van der Waals surface area contributed by atoms with Crippen molar-refractivity contribution in [3.05, 3.63) is 11.9 Å². The Morgan fingerprint density at radius 1 is 1.00 bits per heavy atom. The molecule has 1 fully saturated rings. The molecule has 0 bridgehead atoms. The molecule has 2 rings (SSSR count). The average molecular weight is 290 g/mol. The first-order chi connectivity index (χ1) is 9.86. The highest BCUT2D eigenvalue weighted by Crippen LogP contribution is 2.63.